The minimum absolute atomic E-state index is 0.242. The van der Waals surface area contributed by atoms with Gasteiger partial charge in [-0.1, -0.05) is 11.6 Å². The molecule has 2 heterocycles. The minimum atomic E-state index is -2.49. The molecule has 2 rings (SSSR count). The Balaban J connectivity index is 1.75. The van der Waals surface area contributed by atoms with Crippen LogP contribution in [0.3, 0.4) is 0 Å². The van der Waals surface area contributed by atoms with E-state index in [-0.39, 0.29) is 11.8 Å². The summed E-state index contributed by atoms with van der Waals surface area (Å²) < 4.78 is 24.0. The van der Waals surface area contributed by atoms with E-state index >= 15 is 0 Å². The van der Waals surface area contributed by atoms with Crippen LogP contribution in [0.25, 0.3) is 0 Å². The number of rotatable bonds is 5. The molecule has 0 aromatic carbocycles. The van der Waals surface area contributed by atoms with E-state index in [0.29, 0.717) is 11.4 Å². The van der Waals surface area contributed by atoms with Crippen molar-refractivity contribution in [2.24, 2.45) is 5.92 Å². The van der Waals surface area contributed by atoms with Gasteiger partial charge in [0.25, 0.3) is 6.43 Å². The Kier molecular flexibility index (Phi) is 5.73. The van der Waals surface area contributed by atoms with E-state index in [2.05, 4.69) is 15.2 Å². The molecule has 0 bridgehead atoms. The summed E-state index contributed by atoms with van der Waals surface area (Å²) in [5.41, 5.74) is 0. The van der Waals surface area contributed by atoms with Crippen molar-refractivity contribution < 1.29 is 13.6 Å². The van der Waals surface area contributed by atoms with Gasteiger partial charge in [0.05, 0.1) is 11.6 Å². The molecule has 116 valence electrons. The Hall–Kier alpha value is -1.43. The van der Waals surface area contributed by atoms with Gasteiger partial charge >= 0.3 is 0 Å². The van der Waals surface area contributed by atoms with Crippen molar-refractivity contribution in [3.63, 3.8) is 0 Å². The summed E-state index contributed by atoms with van der Waals surface area (Å²) >= 11 is 5.80. The molecule has 1 aromatic rings. The molecule has 1 aliphatic rings. The summed E-state index contributed by atoms with van der Waals surface area (Å²) in [6, 6.07) is 3.67. The molecular weight excluding hydrogens is 300 g/mol. The third-order valence-corrected chi connectivity index (χ3v) is 3.80. The highest BCUT2D eigenvalue weighted by molar-refractivity contribution is 6.30. The molecule has 21 heavy (non-hydrogen) atoms. The van der Waals surface area contributed by atoms with Gasteiger partial charge in [0.1, 0.15) is 5.82 Å². The summed E-state index contributed by atoms with van der Waals surface area (Å²) in [6.07, 6.45) is 1.14. The first-order valence-corrected chi connectivity index (χ1v) is 7.33. The van der Waals surface area contributed by atoms with Crippen LogP contribution >= 0.6 is 11.6 Å². The number of alkyl halides is 2. The van der Waals surface area contributed by atoms with Gasteiger partial charge in [-0.3, -0.25) is 4.79 Å². The first-order valence-electron chi connectivity index (χ1n) is 6.96. The summed E-state index contributed by atoms with van der Waals surface area (Å²) in [6.45, 7) is 1.05. The molecule has 0 aliphatic carbocycles. The molecule has 0 spiro atoms. The van der Waals surface area contributed by atoms with Gasteiger partial charge in [-0.25, -0.2) is 13.8 Å². The molecular formula is C14H18ClF2N3O. The molecule has 0 unspecified atom stereocenters. The predicted octanol–water partition coefficient (Wildman–Crippen LogP) is 2.72. The van der Waals surface area contributed by atoms with Crippen LogP contribution in [0.15, 0.2) is 18.3 Å². The molecule has 1 saturated heterocycles. The molecule has 0 saturated carbocycles. The van der Waals surface area contributed by atoms with E-state index in [1.54, 1.807) is 12.3 Å². The second kappa shape index (κ2) is 7.54. The summed E-state index contributed by atoms with van der Waals surface area (Å²) in [4.78, 5) is 17.9. The lowest BCUT2D eigenvalue weighted by molar-refractivity contribution is -0.122. The maximum absolute atomic E-state index is 12.0. The van der Waals surface area contributed by atoms with Gasteiger partial charge in [-0.05, 0) is 30.9 Å². The number of carbonyl (C=O) groups is 1. The first-order chi connectivity index (χ1) is 10.0. The van der Waals surface area contributed by atoms with Gasteiger partial charge in [0.15, 0.2) is 0 Å². The number of piperidine rings is 1. The zero-order chi connectivity index (χ0) is 15.2. The fourth-order valence-electron chi connectivity index (χ4n) is 2.45. The zero-order valence-corrected chi connectivity index (χ0v) is 12.3. The van der Waals surface area contributed by atoms with Crippen molar-refractivity contribution in [1.82, 2.24) is 10.3 Å². The summed E-state index contributed by atoms with van der Waals surface area (Å²) in [7, 11) is 0. The van der Waals surface area contributed by atoms with Crippen LogP contribution in [0, 0.1) is 5.92 Å². The summed E-state index contributed by atoms with van der Waals surface area (Å²) in [5, 5.41) is 2.85. The standard InChI is InChI=1S/C14H18ClF2N3O/c15-11-1-2-13(18-8-11)20-5-3-10(4-6-20)7-14(21)19-9-12(16)17/h1-2,8,10,12H,3-7,9H2,(H,19,21). The zero-order valence-electron chi connectivity index (χ0n) is 11.6. The van der Waals surface area contributed by atoms with E-state index in [1.165, 1.54) is 0 Å². The highest BCUT2D eigenvalue weighted by Gasteiger charge is 2.22. The van der Waals surface area contributed by atoms with E-state index < -0.39 is 13.0 Å². The fraction of sp³-hybridized carbons (Fsp3) is 0.571. The molecule has 1 aromatic heterocycles. The van der Waals surface area contributed by atoms with Gasteiger partial charge < -0.3 is 10.2 Å². The average Bonchev–Trinajstić information content (AvgIpc) is 2.47. The third kappa shape index (κ3) is 5.12. The lowest BCUT2D eigenvalue weighted by atomic mass is 9.93. The number of hydrogen-bond acceptors (Lipinski definition) is 3. The van der Waals surface area contributed by atoms with E-state index in [0.717, 1.165) is 31.7 Å². The quantitative estimate of drug-likeness (QED) is 0.908. The fourth-order valence-corrected chi connectivity index (χ4v) is 2.56. The Labute approximate surface area is 127 Å². The molecule has 1 N–H and O–H groups in total. The van der Waals surface area contributed by atoms with Crippen LogP contribution in [0.4, 0.5) is 14.6 Å². The van der Waals surface area contributed by atoms with Crippen LogP contribution in [0.5, 0.6) is 0 Å². The normalized spacial score (nSPS) is 16.3. The van der Waals surface area contributed by atoms with Crippen molar-refractivity contribution in [2.45, 2.75) is 25.7 Å². The van der Waals surface area contributed by atoms with Crippen molar-refractivity contribution in [3.8, 4) is 0 Å². The minimum Gasteiger partial charge on any atom is -0.357 e. The number of nitrogens with one attached hydrogen (secondary N) is 1. The van der Waals surface area contributed by atoms with Gasteiger partial charge in [0, 0.05) is 25.7 Å². The Morgan fingerprint density at radius 3 is 2.71 bits per heavy atom. The second-order valence-electron chi connectivity index (χ2n) is 5.16. The molecule has 1 amide bonds. The highest BCUT2D eigenvalue weighted by Crippen LogP contribution is 2.24. The van der Waals surface area contributed by atoms with Crippen LogP contribution in [0.2, 0.25) is 5.02 Å². The highest BCUT2D eigenvalue weighted by atomic mass is 35.5. The van der Waals surface area contributed by atoms with E-state index in [1.807, 2.05) is 6.07 Å². The lowest BCUT2D eigenvalue weighted by Crippen LogP contribution is -2.37. The van der Waals surface area contributed by atoms with Crippen molar-refractivity contribution >= 4 is 23.3 Å². The average molecular weight is 318 g/mol. The van der Waals surface area contributed by atoms with E-state index in [9.17, 15) is 13.6 Å². The number of aromatic nitrogens is 1. The lowest BCUT2D eigenvalue weighted by Gasteiger charge is -2.32. The largest absolute Gasteiger partial charge is 0.357 e. The smallest absolute Gasteiger partial charge is 0.255 e. The maximum Gasteiger partial charge on any atom is 0.255 e. The Bertz CT molecular complexity index is 462. The van der Waals surface area contributed by atoms with Crippen molar-refractivity contribution in [2.75, 3.05) is 24.5 Å². The van der Waals surface area contributed by atoms with Gasteiger partial charge in [0.2, 0.25) is 5.91 Å². The number of pyridine rings is 1. The Morgan fingerprint density at radius 2 is 2.14 bits per heavy atom. The maximum atomic E-state index is 12.0. The monoisotopic (exact) mass is 317 g/mol. The molecule has 4 nitrogen and oxygen atoms in total. The molecule has 7 heteroatoms. The Morgan fingerprint density at radius 1 is 1.43 bits per heavy atom. The number of halogens is 3. The first kappa shape index (κ1) is 15.9. The number of anilines is 1. The third-order valence-electron chi connectivity index (χ3n) is 3.58. The number of amides is 1. The van der Waals surface area contributed by atoms with Crippen LogP contribution < -0.4 is 10.2 Å². The number of nitrogens with zero attached hydrogens (tertiary/aromatic N) is 2. The topological polar surface area (TPSA) is 45.2 Å². The molecule has 0 atom stereocenters. The van der Waals surface area contributed by atoms with Crippen molar-refractivity contribution in [3.05, 3.63) is 23.4 Å². The van der Waals surface area contributed by atoms with E-state index in [4.69, 9.17) is 11.6 Å². The number of hydrogen-bond donors (Lipinski definition) is 1. The number of carbonyl (C=O) groups excluding carboxylic acids is 1. The SMILES string of the molecule is O=C(CC1CCN(c2ccc(Cl)cn2)CC1)NCC(F)F. The molecule has 1 fully saturated rings. The predicted molar refractivity (Wildman–Crippen MR) is 77.8 cm³/mol. The van der Waals surface area contributed by atoms with Crippen molar-refractivity contribution in [1.29, 1.82) is 0 Å². The molecule has 0 radical (unpaired) electrons. The van der Waals surface area contributed by atoms with Crippen LogP contribution in [-0.2, 0) is 4.79 Å². The second-order valence-corrected chi connectivity index (χ2v) is 5.60. The van der Waals surface area contributed by atoms with Gasteiger partial charge in [-0.15, -0.1) is 0 Å². The molecule has 1 aliphatic heterocycles. The van der Waals surface area contributed by atoms with Gasteiger partial charge in [-0.2, -0.15) is 0 Å². The summed E-state index contributed by atoms with van der Waals surface area (Å²) in [5.74, 6) is 0.824. The van der Waals surface area contributed by atoms with Crippen LogP contribution in [-0.4, -0.2) is 37.0 Å². The van der Waals surface area contributed by atoms with Crippen LogP contribution in [0.1, 0.15) is 19.3 Å².